The average Bonchev–Trinajstić information content (AvgIpc) is 2.47. The summed E-state index contributed by atoms with van der Waals surface area (Å²) in [5, 5.41) is -0.125. The van der Waals surface area contributed by atoms with Crippen molar-refractivity contribution in [2.45, 2.75) is 49.2 Å². The van der Waals surface area contributed by atoms with E-state index in [1.807, 2.05) is 0 Å². The monoisotopic (exact) mass is 315 g/mol. The SMILES string of the molecule is CCCC1CCC(CN)C(S(=O)c2ccc(F)cc2F)C1. The Hall–Kier alpha value is -0.810. The lowest BCUT2D eigenvalue weighted by Crippen LogP contribution is -2.37. The first-order valence-electron chi connectivity index (χ1n) is 7.62. The molecule has 1 aromatic carbocycles. The van der Waals surface area contributed by atoms with E-state index in [1.54, 1.807) is 0 Å². The van der Waals surface area contributed by atoms with E-state index in [-0.39, 0.29) is 16.1 Å². The molecule has 4 atom stereocenters. The highest BCUT2D eigenvalue weighted by Crippen LogP contribution is 2.36. The lowest BCUT2D eigenvalue weighted by Gasteiger charge is -2.35. The minimum atomic E-state index is -1.47. The quantitative estimate of drug-likeness (QED) is 0.902. The predicted octanol–water partition coefficient (Wildman–Crippen LogP) is 3.62. The number of hydrogen-bond acceptors (Lipinski definition) is 2. The zero-order chi connectivity index (χ0) is 15.4. The van der Waals surface area contributed by atoms with Crippen molar-refractivity contribution in [3.63, 3.8) is 0 Å². The Kier molecular flexibility index (Phi) is 5.88. The Morgan fingerprint density at radius 3 is 2.71 bits per heavy atom. The highest BCUT2D eigenvalue weighted by atomic mass is 32.2. The largest absolute Gasteiger partial charge is 0.330 e. The van der Waals surface area contributed by atoms with Crippen LogP contribution in [0.1, 0.15) is 39.0 Å². The van der Waals surface area contributed by atoms with Crippen molar-refractivity contribution in [2.75, 3.05) is 6.54 Å². The molecule has 1 aliphatic carbocycles. The Morgan fingerprint density at radius 2 is 2.10 bits per heavy atom. The van der Waals surface area contributed by atoms with Crippen LogP contribution in [0.4, 0.5) is 8.78 Å². The first kappa shape index (κ1) is 16.6. The number of rotatable bonds is 5. The van der Waals surface area contributed by atoms with E-state index in [9.17, 15) is 13.0 Å². The van der Waals surface area contributed by atoms with Crippen molar-refractivity contribution in [1.82, 2.24) is 0 Å². The second-order valence-electron chi connectivity index (χ2n) is 5.87. The van der Waals surface area contributed by atoms with Crippen molar-refractivity contribution in [3.05, 3.63) is 29.8 Å². The minimum absolute atomic E-state index is 0.108. The van der Waals surface area contributed by atoms with Gasteiger partial charge in [0, 0.05) is 11.3 Å². The van der Waals surface area contributed by atoms with Crippen LogP contribution in [0.25, 0.3) is 0 Å². The van der Waals surface area contributed by atoms with E-state index in [0.29, 0.717) is 12.5 Å². The summed E-state index contributed by atoms with van der Waals surface area (Å²) in [5.41, 5.74) is 5.80. The van der Waals surface area contributed by atoms with Gasteiger partial charge in [-0.15, -0.1) is 0 Å². The fourth-order valence-corrected chi connectivity index (χ4v) is 5.10. The minimum Gasteiger partial charge on any atom is -0.330 e. The van der Waals surface area contributed by atoms with Crippen LogP contribution < -0.4 is 5.73 Å². The molecule has 0 aliphatic heterocycles. The summed E-state index contributed by atoms with van der Waals surface area (Å²) < 4.78 is 39.6. The van der Waals surface area contributed by atoms with Gasteiger partial charge in [0.25, 0.3) is 0 Å². The Bertz CT molecular complexity index is 509. The third-order valence-electron chi connectivity index (χ3n) is 4.42. The van der Waals surface area contributed by atoms with Crippen molar-refractivity contribution in [3.8, 4) is 0 Å². The standard InChI is InChI=1S/C16H23F2NOS/c1-2-3-11-4-5-12(10-19)16(8-11)21(20)15-7-6-13(17)9-14(15)18/h6-7,9,11-12,16H,2-5,8,10,19H2,1H3. The van der Waals surface area contributed by atoms with Crippen LogP contribution in [-0.2, 0) is 10.8 Å². The summed E-state index contributed by atoms with van der Waals surface area (Å²) in [4.78, 5) is 0.108. The maximum atomic E-state index is 13.9. The van der Waals surface area contributed by atoms with Crippen LogP contribution in [-0.4, -0.2) is 16.0 Å². The van der Waals surface area contributed by atoms with E-state index < -0.39 is 22.4 Å². The average molecular weight is 315 g/mol. The maximum Gasteiger partial charge on any atom is 0.142 e. The van der Waals surface area contributed by atoms with E-state index in [1.165, 1.54) is 12.1 Å². The van der Waals surface area contributed by atoms with Gasteiger partial charge in [-0.05, 0) is 43.4 Å². The predicted molar refractivity (Wildman–Crippen MR) is 81.3 cm³/mol. The second-order valence-corrected chi connectivity index (χ2v) is 7.51. The van der Waals surface area contributed by atoms with E-state index in [0.717, 1.165) is 38.2 Å². The zero-order valence-electron chi connectivity index (χ0n) is 12.4. The molecular weight excluding hydrogens is 292 g/mol. The summed E-state index contributed by atoms with van der Waals surface area (Å²) in [6.07, 6.45) is 5.08. The Morgan fingerprint density at radius 1 is 1.33 bits per heavy atom. The first-order valence-corrected chi connectivity index (χ1v) is 8.83. The first-order chi connectivity index (χ1) is 10.1. The van der Waals surface area contributed by atoms with Gasteiger partial charge in [0.05, 0.1) is 15.7 Å². The van der Waals surface area contributed by atoms with Gasteiger partial charge in [-0.25, -0.2) is 8.78 Å². The third-order valence-corrected chi connectivity index (χ3v) is 6.31. The molecule has 1 aliphatic rings. The number of nitrogens with two attached hydrogens (primary N) is 1. The molecule has 0 bridgehead atoms. The van der Waals surface area contributed by atoms with Crippen LogP contribution in [0.15, 0.2) is 23.1 Å². The van der Waals surface area contributed by atoms with Crippen LogP contribution in [0.5, 0.6) is 0 Å². The van der Waals surface area contributed by atoms with Gasteiger partial charge in [0.2, 0.25) is 0 Å². The van der Waals surface area contributed by atoms with Gasteiger partial charge in [-0.1, -0.05) is 26.2 Å². The van der Waals surface area contributed by atoms with Crippen molar-refractivity contribution >= 4 is 10.8 Å². The summed E-state index contributed by atoms with van der Waals surface area (Å²) >= 11 is 0. The summed E-state index contributed by atoms with van der Waals surface area (Å²) in [6.45, 7) is 2.61. The zero-order valence-corrected chi connectivity index (χ0v) is 13.2. The molecule has 4 unspecified atom stereocenters. The molecule has 0 aromatic heterocycles. The van der Waals surface area contributed by atoms with Gasteiger partial charge in [-0.3, -0.25) is 4.21 Å². The Balaban J connectivity index is 2.21. The second kappa shape index (κ2) is 7.45. The molecule has 2 rings (SSSR count). The molecule has 118 valence electrons. The molecule has 1 fully saturated rings. The number of hydrogen-bond donors (Lipinski definition) is 1. The highest BCUT2D eigenvalue weighted by molar-refractivity contribution is 7.85. The van der Waals surface area contributed by atoms with Gasteiger partial charge in [0.1, 0.15) is 11.6 Å². The van der Waals surface area contributed by atoms with Crippen LogP contribution >= 0.6 is 0 Å². The van der Waals surface area contributed by atoms with Gasteiger partial charge < -0.3 is 5.73 Å². The lowest BCUT2D eigenvalue weighted by atomic mass is 9.80. The molecule has 0 spiro atoms. The van der Waals surface area contributed by atoms with Crippen LogP contribution in [0.2, 0.25) is 0 Å². The molecule has 0 amide bonds. The smallest absolute Gasteiger partial charge is 0.142 e. The van der Waals surface area contributed by atoms with E-state index >= 15 is 0 Å². The molecule has 0 heterocycles. The van der Waals surface area contributed by atoms with Crippen LogP contribution in [0, 0.1) is 23.5 Å². The molecule has 1 saturated carbocycles. The van der Waals surface area contributed by atoms with Crippen molar-refractivity contribution < 1.29 is 13.0 Å². The maximum absolute atomic E-state index is 13.9. The van der Waals surface area contributed by atoms with Crippen molar-refractivity contribution in [1.29, 1.82) is 0 Å². The van der Waals surface area contributed by atoms with Crippen molar-refractivity contribution in [2.24, 2.45) is 17.6 Å². The van der Waals surface area contributed by atoms with Crippen LogP contribution in [0.3, 0.4) is 0 Å². The number of benzene rings is 1. The van der Waals surface area contributed by atoms with Gasteiger partial charge in [-0.2, -0.15) is 0 Å². The van der Waals surface area contributed by atoms with E-state index in [2.05, 4.69) is 6.92 Å². The molecule has 0 saturated heterocycles. The Labute approximate surface area is 127 Å². The van der Waals surface area contributed by atoms with E-state index in [4.69, 9.17) is 5.73 Å². The molecule has 1 aromatic rings. The summed E-state index contributed by atoms with van der Waals surface area (Å²) in [5.74, 6) is -0.670. The normalized spacial score (nSPS) is 27.5. The fourth-order valence-electron chi connectivity index (χ4n) is 3.28. The summed E-state index contributed by atoms with van der Waals surface area (Å²) in [6, 6.07) is 3.27. The lowest BCUT2D eigenvalue weighted by molar-refractivity contribution is 0.272. The molecule has 21 heavy (non-hydrogen) atoms. The molecule has 2 nitrogen and oxygen atoms in total. The third kappa shape index (κ3) is 3.89. The summed E-state index contributed by atoms with van der Waals surface area (Å²) in [7, 11) is -1.47. The molecule has 2 N–H and O–H groups in total. The molecule has 0 radical (unpaired) electrons. The highest BCUT2D eigenvalue weighted by Gasteiger charge is 2.34. The topological polar surface area (TPSA) is 43.1 Å². The molecule has 5 heteroatoms. The van der Waals surface area contributed by atoms with Gasteiger partial charge in [0.15, 0.2) is 0 Å². The van der Waals surface area contributed by atoms with Gasteiger partial charge >= 0.3 is 0 Å². The fraction of sp³-hybridized carbons (Fsp3) is 0.625. The number of halogens is 2. The molecular formula is C16H23F2NOS.